The smallest absolute Gasteiger partial charge is 0.0602 e. The Kier molecular flexibility index (Phi) is 11.8. The first-order valence-corrected chi connectivity index (χ1v) is 11.8. The molecule has 0 bridgehead atoms. The van der Waals surface area contributed by atoms with E-state index in [4.69, 9.17) is 4.74 Å². The molecule has 0 rings (SSSR count). The summed E-state index contributed by atoms with van der Waals surface area (Å²) >= 11 is 0. The van der Waals surface area contributed by atoms with Gasteiger partial charge in [0.05, 0.1) is 12.2 Å². The second kappa shape index (κ2) is 11.8. The standard InChI is InChI=1S/C26H54O/c1-19(2)23(15-13-21(5)17-25(7,8)9)27-24(20(3)4)16-14-22(6)18-26(10,11)12/h19-24H,13-18H2,1-12H3. The maximum atomic E-state index is 6.73. The summed E-state index contributed by atoms with van der Waals surface area (Å²) in [6, 6.07) is 0. The Morgan fingerprint density at radius 1 is 0.519 bits per heavy atom. The van der Waals surface area contributed by atoms with Gasteiger partial charge in [0.2, 0.25) is 0 Å². The monoisotopic (exact) mass is 382 g/mol. The summed E-state index contributed by atoms with van der Waals surface area (Å²) in [7, 11) is 0. The van der Waals surface area contributed by atoms with Gasteiger partial charge in [0.1, 0.15) is 0 Å². The lowest BCUT2D eigenvalue weighted by atomic mass is 9.82. The molecular weight excluding hydrogens is 328 g/mol. The number of ether oxygens (including phenoxy) is 1. The highest BCUT2D eigenvalue weighted by molar-refractivity contribution is 4.74. The second-order valence-corrected chi connectivity index (χ2v) is 12.6. The summed E-state index contributed by atoms with van der Waals surface area (Å²) < 4.78 is 6.73. The Morgan fingerprint density at radius 3 is 1.04 bits per heavy atom. The van der Waals surface area contributed by atoms with Crippen molar-refractivity contribution in [2.75, 3.05) is 0 Å². The predicted molar refractivity (Wildman–Crippen MR) is 123 cm³/mol. The van der Waals surface area contributed by atoms with Crippen LogP contribution in [0.1, 0.15) is 122 Å². The molecule has 0 heterocycles. The molecule has 4 unspecified atom stereocenters. The molecule has 1 heteroatoms. The first-order valence-electron chi connectivity index (χ1n) is 11.8. The average Bonchev–Trinajstić information content (AvgIpc) is 2.41. The highest BCUT2D eigenvalue weighted by atomic mass is 16.5. The SMILES string of the molecule is CC(CCC(OC(CCC(C)CC(C)(C)C)C(C)C)C(C)C)CC(C)(C)C. The van der Waals surface area contributed by atoms with Crippen molar-refractivity contribution < 1.29 is 4.74 Å². The molecule has 0 amide bonds. The predicted octanol–water partition coefficient (Wildman–Crippen LogP) is 8.76. The topological polar surface area (TPSA) is 9.23 Å². The summed E-state index contributed by atoms with van der Waals surface area (Å²) in [5.74, 6) is 2.75. The van der Waals surface area contributed by atoms with Crippen molar-refractivity contribution >= 4 is 0 Å². The summed E-state index contributed by atoms with van der Waals surface area (Å²) in [6.07, 6.45) is 8.38. The van der Waals surface area contributed by atoms with Gasteiger partial charge in [-0.05, 0) is 73.0 Å². The van der Waals surface area contributed by atoms with Crippen LogP contribution in [-0.2, 0) is 4.74 Å². The fourth-order valence-electron chi connectivity index (χ4n) is 4.53. The lowest BCUT2D eigenvalue weighted by molar-refractivity contribution is -0.0679. The fraction of sp³-hybridized carbons (Fsp3) is 1.00. The summed E-state index contributed by atoms with van der Waals surface area (Å²) in [6.45, 7) is 28.3. The Morgan fingerprint density at radius 2 is 0.815 bits per heavy atom. The summed E-state index contributed by atoms with van der Waals surface area (Å²) in [5.41, 5.74) is 0.856. The zero-order valence-corrected chi connectivity index (χ0v) is 21.1. The quantitative estimate of drug-likeness (QED) is 0.328. The average molecular weight is 383 g/mol. The van der Waals surface area contributed by atoms with Gasteiger partial charge in [0.25, 0.3) is 0 Å². The zero-order chi connectivity index (χ0) is 21.4. The Balaban J connectivity index is 4.66. The third-order valence-electron chi connectivity index (χ3n) is 5.65. The normalized spacial score (nSPS) is 18.0. The molecule has 0 saturated carbocycles. The molecule has 0 aromatic heterocycles. The molecule has 27 heavy (non-hydrogen) atoms. The van der Waals surface area contributed by atoms with Crippen LogP contribution >= 0.6 is 0 Å². The molecule has 0 radical (unpaired) electrons. The molecule has 0 fully saturated rings. The van der Waals surface area contributed by atoms with Gasteiger partial charge in [-0.3, -0.25) is 0 Å². The van der Waals surface area contributed by atoms with E-state index in [0.717, 1.165) is 11.8 Å². The molecule has 4 atom stereocenters. The Hall–Kier alpha value is -0.0400. The van der Waals surface area contributed by atoms with Crippen molar-refractivity contribution in [1.29, 1.82) is 0 Å². The molecule has 0 aromatic rings. The molecule has 0 aliphatic rings. The Bertz CT molecular complexity index is 333. The maximum Gasteiger partial charge on any atom is 0.0602 e. The van der Waals surface area contributed by atoms with E-state index in [2.05, 4.69) is 83.1 Å². The van der Waals surface area contributed by atoms with Crippen molar-refractivity contribution in [3.8, 4) is 0 Å². The van der Waals surface area contributed by atoms with Crippen LogP contribution in [0.5, 0.6) is 0 Å². The van der Waals surface area contributed by atoms with E-state index in [1.807, 2.05) is 0 Å². The van der Waals surface area contributed by atoms with Crippen LogP contribution < -0.4 is 0 Å². The highest BCUT2D eigenvalue weighted by Crippen LogP contribution is 2.31. The van der Waals surface area contributed by atoms with Gasteiger partial charge in [-0.1, -0.05) is 83.1 Å². The largest absolute Gasteiger partial charge is 0.374 e. The molecule has 0 aliphatic carbocycles. The first kappa shape index (κ1) is 27.0. The van der Waals surface area contributed by atoms with Gasteiger partial charge < -0.3 is 4.74 Å². The molecule has 0 N–H and O–H groups in total. The number of hydrogen-bond acceptors (Lipinski definition) is 1. The first-order chi connectivity index (χ1) is 12.1. The molecule has 0 aromatic carbocycles. The van der Waals surface area contributed by atoms with E-state index in [1.54, 1.807) is 0 Å². The fourth-order valence-corrected chi connectivity index (χ4v) is 4.53. The van der Waals surface area contributed by atoms with E-state index < -0.39 is 0 Å². The maximum absolute atomic E-state index is 6.73. The van der Waals surface area contributed by atoms with Crippen LogP contribution in [0, 0.1) is 34.5 Å². The molecule has 0 spiro atoms. The second-order valence-electron chi connectivity index (χ2n) is 12.6. The van der Waals surface area contributed by atoms with Crippen molar-refractivity contribution in [3.05, 3.63) is 0 Å². The van der Waals surface area contributed by atoms with Crippen molar-refractivity contribution in [2.45, 2.75) is 134 Å². The third kappa shape index (κ3) is 14.6. The van der Waals surface area contributed by atoms with Crippen molar-refractivity contribution in [1.82, 2.24) is 0 Å². The van der Waals surface area contributed by atoms with Gasteiger partial charge in [-0.2, -0.15) is 0 Å². The van der Waals surface area contributed by atoms with Crippen LogP contribution in [-0.4, -0.2) is 12.2 Å². The van der Waals surface area contributed by atoms with Gasteiger partial charge in [-0.15, -0.1) is 0 Å². The minimum atomic E-state index is 0.401. The minimum absolute atomic E-state index is 0.401. The molecular formula is C26H54O. The van der Waals surface area contributed by atoms with Crippen LogP contribution in [0.3, 0.4) is 0 Å². The van der Waals surface area contributed by atoms with Gasteiger partial charge in [-0.25, -0.2) is 0 Å². The van der Waals surface area contributed by atoms with Gasteiger partial charge >= 0.3 is 0 Å². The number of hydrogen-bond donors (Lipinski definition) is 0. The molecule has 1 nitrogen and oxygen atoms in total. The number of rotatable bonds is 12. The molecule has 164 valence electrons. The van der Waals surface area contributed by atoms with E-state index in [0.29, 0.717) is 34.9 Å². The zero-order valence-electron chi connectivity index (χ0n) is 21.1. The van der Waals surface area contributed by atoms with Crippen LogP contribution in [0.4, 0.5) is 0 Å². The van der Waals surface area contributed by atoms with Crippen LogP contribution in [0.15, 0.2) is 0 Å². The lowest BCUT2D eigenvalue weighted by Gasteiger charge is -2.32. The van der Waals surface area contributed by atoms with E-state index in [1.165, 1.54) is 38.5 Å². The van der Waals surface area contributed by atoms with Crippen molar-refractivity contribution in [3.63, 3.8) is 0 Å². The van der Waals surface area contributed by atoms with Crippen LogP contribution in [0.25, 0.3) is 0 Å². The molecule has 0 aliphatic heterocycles. The highest BCUT2D eigenvalue weighted by Gasteiger charge is 2.25. The van der Waals surface area contributed by atoms with Gasteiger partial charge in [0.15, 0.2) is 0 Å². The van der Waals surface area contributed by atoms with E-state index in [-0.39, 0.29) is 0 Å². The van der Waals surface area contributed by atoms with Gasteiger partial charge in [0, 0.05) is 0 Å². The van der Waals surface area contributed by atoms with E-state index in [9.17, 15) is 0 Å². The Labute approximate surface area is 173 Å². The minimum Gasteiger partial charge on any atom is -0.374 e. The van der Waals surface area contributed by atoms with Crippen molar-refractivity contribution in [2.24, 2.45) is 34.5 Å². The van der Waals surface area contributed by atoms with Crippen LogP contribution in [0.2, 0.25) is 0 Å². The summed E-state index contributed by atoms with van der Waals surface area (Å²) in [5, 5.41) is 0. The summed E-state index contributed by atoms with van der Waals surface area (Å²) in [4.78, 5) is 0. The van der Waals surface area contributed by atoms with E-state index >= 15 is 0 Å². The molecule has 0 saturated heterocycles. The lowest BCUT2D eigenvalue weighted by Crippen LogP contribution is -2.31. The third-order valence-corrected chi connectivity index (χ3v) is 5.65.